The summed E-state index contributed by atoms with van der Waals surface area (Å²) in [5.41, 5.74) is 2.33. The number of fused-ring (bicyclic) bond motifs is 1. The summed E-state index contributed by atoms with van der Waals surface area (Å²) in [6, 6.07) is 16.9. The maximum absolute atomic E-state index is 12.3. The molecule has 3 aromatic rings. The van der Waals surface area contributed by atoms with Crippen molar-refractivity contribution in [1.82, 2.24) is 10.3 Å². The van der Waals surface area contributed by atoms with Gasteiger partial charge in [0.25, 0.3) is 5.91 Å². The van der Waals surface area contributed by atoms with Gasteiger partial charge in [-0.25, -0.2) is 4.98 Å². The molecule has 2 N–H and O–H groups in total. The molecule has 1 amide bonds. The first-order valence-electron chi connectivity index (χ1n) is 8.83. The molecule has 0 spiro atoms. The third kappa shape index (κ3) is 4.18. The van der Waals surface area contributed by atoms with Gasteiger partial charge in [-0.1, -0.05) is 41.9 Å². The van der Waals surface area contributed by atoms with E-state index in [-0.39, 0.29) is 12.7 Å². The number of pyridine rings is 1. The normalized spacial score (nSPS) is 11.9. The zero-order chi connectivity index (χ0) is 19.3. The lowest BCUT2D eigenvalue weighted by atomic mass is 10.1. The topological polar surface area (TPSA) is 72.5 Å². The smallest absolute Gasteiger partial charge is 0.252 e. The maximum atomic E-state index is 12.3. The number of carbonyl (C=O) groups is 1. The van der Waals surface area contributed by atoms with Crippen LogP contribution < -0.4 is 20.1 Å². The summed E-state index contributed by atoms with van der Waals surface area (Å²) < 4.78 is 10.7. The van der Waals surface area contributed by atoms with Crippen LogP contribution >= 0.6 is 11.6 Å². The van der Waals surface area contributed by atoms with Crippen LogP contribution in [0.3, 0.4) is 0 Å². The third-order valence-corrected chi connectivity index (χ3v) is 4.61. The van der Waals surface area contributed by atoms with Gasteiger partial charge in [0, 0.05) is 24.9 Å². The average molecular weight is 396 g/mol. The molecule has 6 nitrogen and oxygen atoms in total. The Kier molecular flexibility index (Phi) is 5.30. The Morgan fingerprint density at radius 2 is 1.86 bits per heavy atom. The summed E-state index contributed by atoms with van der Waals surface area (Å²) >= 11 is 6.26. The molecule has 0 atom stereocenters. The first kappa shape index (κ1) is 18.1. The summed E-state index contributed by atoms with van der Waals surface area (Å²) in [7, 11) is 0. The molecule has 1 aliphatic rings. The minimum Gasteiger partial charge on any atom is -0.454 e. The van der Waals surface area contributed by atoms with Gasteiger partial charge in [0.2, 0.25) is 6.79 Å². The van der Waals surface area contributed by atoms with Crippen molar-refractivity contribution in [2.45, 2.75) is 6.42 Å². The molecule has 28 heavy (non-hydrogen) atoms. The summed E-state index contributed by atoms with van der Waals surface area (Å²) in [5, 5.41) is 6.52. The van der Waals surface area contributed by atoms with Gasteiger partial charge in [0.1, 0.15) is 5.82 Å². The Morgan fingerprint density at radius 3 is 2.61 bits per heavy atom. The van der Waals surface area contributed by atoms with Gasteiger partial charge in [-0.05, 0) is 24.1 Å². The number of hydrogen-bond donors (Lipinski definition) is 2. The monoisotopic (exact) mass is 395 g/mol. The number of halogens is 1. The van der Waals surface area contributed by atoms with Crippen LogP contribution in [0.4, 0.5) is 11.5 Å². The lowest BCUT2D eigenvalue weighted by Gasteiger charge is -2.10. The number of carbonyl (C=O) groups excluding carboxylic acids is 1. The predicted molar refractivity (Wildman–Crippen MR) is 108 cm³/mol. The minimum atomic E-state index is -0.156. The number of nitrogens with zero attached hydrogens (tertiary/aromatic N) is 1. The average Bonchev–Trinajstić information content (AvgIpc) is 3.16. The fourth-order valence-corrected chi connectivity index (χ4v) is 3.02. The molecule has 0 unspecified atom stereocenters. The van der Waals surface area contributed by atoms with Crippen LogP contribution in [0.2, 0.25) is 5.02 Å². The number of anilines is 2. The highest BCUT2D eigenvalue weighted by atomic mass is 35.5. The number of ether oxygens (including phenoxy) is 2. The molecule has 1 aliphatic heterocycles. The molecule has 0 aliphatic carbocycles. The van der Waals surface area contributed by atoms with Crippen LogP contribution in [-0.2, 0) is 6.42 Å². The van der Waals surface area contributed by atoms with Crippen LogP contribution in [0.1, 0.15) is 15.9 Å². The maximum Gasteiger partial charge on any atom is 0.252 e. The Bertz CT molecular complexity index is 978. The van der Waals surface area contributed by atoms with E-state index in [0.717, 1.165) is 6.42 Å². The van der Waals surface area contributed by atoms with Crippen LogP contribution in [0.25, 0.3) is 0 Å². The van der Waals surface area contributed by atoms with E-state index in [9.17, 15) is 4.79 Å². The van der Waals surface area contributed by atoms with Crippen molar-refractivity contribution >= 4 is 29.0 Å². The molecule has 0 saturated carbocycles. The van der Waals surface area contributed by atoms with Crippen molar-refractivity contribution in [1.29, 1.82) is 0 Å². The SMILES string of the molecule is O=C(NCCc1ccccc1)c1ccc(Nc2cc3c(cc2Cl)OCO3)nc1. The fraction of sp³-hybridized carbons (Fsp3) is 0.143. The van der Waals surface area contributed by atoms with Gasteiger partial charge in [-0.15, -0.1) is 0 Å². The number of amides is 1. The Hall–Kier alpha value is -3.25. The molecule has 1 aromatic heterocycles. The van der Waals surface area contributed by atoms with Crippen molar-refractivity contribution in [2.24, 2.45) is 0 Å². The minimum absolute atomic E-state index is 0.156. The van der Waals surface area contributed by atoms with Crippen LogP contribution in [0.5, 0.6) is 11.5 Å². The standard InChI is InChI=1S/C21H18ClN3O3/c22-16-10-18-19(28-13-27-18)11-17(16)25-20-7-6-15(12-24-20)21(26)23-9-8-14-4-2-1-3-5-14/h1-7,10-12H,8-9,13H2,(H,23,26)(H,24,25). The van der Waals surface area contributed by atoms with Crippen molar-refractivity contribution in [3.63, 3.8) is 0 Å². The molecule has 7 heteroatoms. The van der Waals surface area contributed by atoms with Gasteiger partial charge in [0.05, 0.1) is 16.3 Å². The molecule has 142 valence electrons. The van der Waals surface area contributed by atoms with E-state index in [1.165, 1.54) is 11.8 Å². The van der Waals surface area contributed by atoms with Crippen molar-refractivity contribution in [2.75, 3.05) is 18.7 Å². The third-order valence-electron chi connectivity index (χ3n) is 4.29. The second-order valence-corrected chi connectivity index (χ2v) is 6.64. The molecular weight excluding hydrogens is 378 g/mol. The predicted octanol–water partition coefficient (Wildman–Crippen LogP) is 4.18. The van der Waals surface area contributed by atoms with Crippen molar-refractivity contribution in [3.8, 4) is 11.5 Å². The second-order valence-electron chi connectivity index (χ2n) is 6.23. The number of nitrogens with one attached hydrogen (secondary N) is 2. The number of benzene rings is 2. The Labute approximate surface area is 167 Å². The zero-order valence-corrected chi connectivity index (χ0v) is 15.7. The van der Waals surface area contributed by atoms with Gasteiger partial charge < -0.3 is 20.1 Å². The van der Waals surface area contributed by atoms with Crippen molar-refractivity contribution < 1.29 is 14.3 Å². The molecule has 0 bridgehead atoms. The van der Waals surface area contributed by atoms with Gasteiger partial charge in [-0.2, -0.15) is 0 Å². The quantitative estimate of drug-likeness (QED) is 0.655. The van der Waals surface area contributed by atoms with E-state index in [4.69, 9.17) is 21.1 Å². The van der Waals surface area contributed by atoms with Gasteiger partial charge >= 0.3 is 0 Å². The Balaban J connectivity index is 1.35. The molecule has 2 aromatic carbocycles. The number of aromatic nitrogens is 1. The first-order chi connectivity index (χ1) is 13.7. The van der Waals surface area contributed by atoms with E-state index in [1.54, 1.807) is 24.3 Å². The molecule has 0 fully saturated rings. The van der Waals surface area contributed by atoms with Crippen LogP contribution in [-0.4, -0.2) is 24.2 Å². The van der Waals surface area contributed by atoms with E-state index in [0.29, 0.717) is 40.1 Å². The number of hydrogen-bond acceptors (Lipinski definition) is 5. The Morgan fingerprint density at radius 1 is 1.07 bits per heavy atom. The highest BCUT2D eigenvalue weighted by molar-refractivity contribution is 6.33. The molecular formula is C21H18ClN3O3. The van der Waals surface area contributed by atoms with Crippen molar-refractivity contribution in [3.05, 3.63) is 76.9 Å². The summed E-state index contributed by atoms with van der Waals surface area (Å²) in [6.07, 6.45) is 2.31. The highest BCUT2D eigenvalue weighted by Gasteiger charge is 2.17. The first-order valence-corrected chi connectivity index (χ1v) is 9.21. The molecule has 0 saturated heterocycles. The fourth-order valence-electron chi connectivity index (χ4n) is 2.82. The summed E-state index contributed by atoms with van der Waals surface area (Å²) in [5.74, 6) is 1.66. The van der Waals surface area contributed by atoms with E-state index in [2.05, 4.69) is 15.6 Å². The summed E-state index contributed by atoms with van der Waals surface area (Å²) in [6.45, 7) is 0.747. The largest absolute Gasteiger partial charge is 0.454 e. The lowest BCUT2D eigenvalue weighted by molar-refractivity contribution is 0.0954. The van der Waals surface area contributed by atoms with Crippen LogP contribution in [0, 0.1) is 0 Å². The zero-order valence-electron chi connectivity index (χ0n) is 14.9. The van der Waals surface area contributed by atoms with E-state index in [1.807, 2.05) is 30.3 Å². The van der Waals surface area contributed by atoms with Gasteiger partial charge in [0.15, 0.2) is 11.5 Å². The lowest BCUT2D eigenvalue weighted by Crippen LogP contribution is -2.25. The molecule has 2 heterocycles. The van der Waals surface area contributed by atoms with Gasteiger partial charge in [-0.3, -0.25) is 4.79 Å². The molecule has 4 rings (SSSR count). The van der Waals surface area contributed by atoms with E-state index >= 15 is 0 Å². The number of rotatable bonds is 6. The second kappa shape index (κ2) is 8.19. The summed E-state index contributed by atoms with van der Waals surface area (Å²) in [4.78, 5) is 16.6. The van der Waals surface area contributed by atoms with Crippen LogP contribution in [0.15, 0.2) is 60.8 Å². The molecule has 0 radical (unpaired) electrons. The van der Waals surface area contributed by atoms with E-state index < -0.39 is 0 Å². The highest BCUT2D eigenvalue weighted by Crippen LogP contribution is 2.39.